The van der Waals surface area contributed by atoms with Crippen LogP contribution in [0.3, 0.4) is 0 Å². The first-order chi connectivity index (χ1) is 12.2. The zero-order valence-corrected chi connectivity index (χ0v) is 17.2. The highest BCUT2D eigenvalue weighted by Crippen LogP contribution is 2.24. The highest BCUT2D eigenvalue weighted by molar-refractivity contribution is 9.10. The van der Waals surface area contributed by atoms with E-state index in [1.54, 1.807) is 0 Å². The minimum atomic E-state index is -0.518. The van der Waals surface area contributed by atoms with Gasteiger partial charge < -0.3 is 19.7 Å². The van der Waals surface area contributed by atoms with Gasteiger partial charge in [0.2, 0.25) is 5.91 Å². The summed E-state index contributed by atoms with van der Waals surface area (Å²) in [5.74, 6) is 0.0846. The second-order valence-electron chi connectivity index (χ2n) is 7.28. The summed E-state index contributed by atoms with van der Waals surface area (Å²) in [6, 6.07) is 7.96. The van der Waals surface area contributed by atoms with Crippen LogP contribution < -0.4 is 5.32 Å². The molecule has 1 unspecified atom stereocenters. The molecule has 26 heavy (non-hydrogen) atoms. The molecule has 144 valence electrons. The first kappa shape index (κ1) is 20.7. The SMILES string of the molecule is CC(C)(C)OC(=O)NCCCC(=O)N1CCOC(c2ccc(Br)cc2)C1. The summed E-state index contributed by atoms with van der Waals surface area (Å²) in [4.78, 5) is 25.8. The molecule has 0 saturated carbocycles. The standard InChI is InChI=1S/C19H27BrN2O4/c1-19(2,3)26-18(24)21-10-4-5-17(23)22-11-12-25-16(13-22)14-6-8-15(20)9-7-14/h6-9,16H,4-5,10-13H2,1-3H3,(H,21,24). The molecule has 1 aliphatic rings. The summed E-state index contributed by atoms with van der Waals surface area (Å²) in [7, 11) is 0. The van der Waals surface area contributed by atoms with Crippen LogP contribution in [-0.4, -0.2) is 48.7 Å². The summed E-state index contributed by atoms with van der Waals surface area (Å²) >= 11 is 3.42. The number of morpholine rings is 1. The Kier molecular flexibility index (Phi) is 7.46. The number of nitrogens with zero attached hydrogens (tertiary/aromatic N) is 1. The van der Waals surface area contributed by atoms with E-state index in [9.17, 15) is 9.59 Å². The van der Waals surface area contributed by atoms with Crippen LogP contribution in [-0.2, 0) is 14.3 Å². The molecule has 1 fully saturated rings. The monoisotopic (exact) mass is 426 g/mol. The van der Waals surface area contributed by atoms with E-state index in [0.717, 1.165) is 10.0 Å². The van der Waals surface area contributed by atoms with Gasteiger partial charge in [-0.1, -0.05) is 28.1 Å². The van der Waals surface area contributed by atoms with Crippen LogP contribution in [0.2, 0.25) is 0 Å². The van der Waals surface area contributed by atoms with Gasteiger partial charge in [0.05, 0.1) is 13.2 Å². The van der Waals surface area contributed by atoms with Crippen molar-refractivity contribution in [2.75, 3.05) is 26.2 Å². The number of hydrogen-bond donors (Lipinski definition) is 1. The van der Waals surface area contributed by atoms with E-state index in [4.69, 9.17) is 9.47 Å². The lowest BCUT2D eigenvalue weighted by molar-refractivity contribution is -0.139. The van der Waals surface area contributed by atoms with Gasteiger partial charge in [0, 0.05) is 24.0 Å². The average Bonchev–Trinajstić information content (AvgIpc) is 2.58. The van der Waals surface area contributed by atoms with E-state index in [2.05, 4.69) is 21.2 Å². The number of halogens is 1. The van der Waals surface area contributed by atoms with Gasteiger partial charge in [0.1, 0.15) is 11.7 Å². The van der Waals surface area contributed by atoms with Crippen LogP contribution in [0.25, 0.3) is 0 Å². The smallest absolute Gasteiger partial charge is 0.407 e. The molecule has 6 nitrogen and oxygen atoms in total. The number of rotatable bonds is 5. The second kappa shape index (κ2) is 9.37. The summed E-state index contributed by atoms with van der Waals surface area (Å²) in [5, 5.41) is 2.68. The predicted molar refractivity (Wildman–Crippen MR) is 103 cm³/mol. The Morgan fingerprint density at radius 3 is 2.65 bits per heavy atom. The van der Waals surface area contributed by atoms with Crippen molar-refractivity contribution in [1.29, 1.82) is 0 Å². The quantitative estimate of drug-likeness (QED) is 0.729. The molecule has 1 aromatic carbocycles. The molecule has 0 aromatic heterocycles. The molecule has 2 rings (SSSR count). The summed E-state index contributed by atoms with van der Waals surface area (Å²) in [6.45, 7) is 7.55. The molecule has 0 aliphatic carbocycles. The number of benzene rings is 1. The normalized spacial score (nSPS) is 17.7. The fourth-order valence-electron chi connectivity index (χ4n) is 2.66. The third-order valence-electron chi connectivity index (χ3n) is 3.90. The molecule has 1 aliphatic heterocycles. The van der Waals surface area contributed by atoms with Crippen molar-refractivity contribution in [1.82, 2.24) is 10.2 Å². The maximum Gasteiger partial charge on any atom is 0.407 e. The summed E-state index contributed by atoms with van der Waals surface area (Å²) < 4.78 is 12.0. The Hall–Kier alpha value is -1.60. The molecule has 0 radical (unpaired) electrons. The van der Waals surface area contributed by atoms with Crippen molar-refractivity contribution in [2.24, 2.45) is 0 Å². The van der Waals surface area contributed by atoms with Crippen molar-refractivity contribution in [3.8, 4) is 0 Å². The van der Waals surface area contributed by atoms with Crippen LogP contribution in [0, 0.1) is 0 Å². The minimum absolute atomic E-state index is 0.0846. The van der Waals surface area contributed by atoms with Gasteiger partial charge in [-0.25, -0.2) is 4.79 Å². The van der Waals surface area contributed by atoms with Gasteiger partial charge in [-0.3, -0.25) is 4.79 Å². The number of ether oxygens (including phenoxy) is 2. The number of carbonyl (C=O) groups is 2. The van der Waals surface area contributed by atoms with E-state index in [-0.39, 0.29) is 12.0 Å². The van der Waals surface area contributed by atoms with Crippen molar-refractivity contribution in [3.63, 3.8) is 0 Å². The molecular formula is C19H27BrN2O4. The van der Waals surface area contributed by atoms with Crippen molar-refractivity contribution in [2.45, 2.75) is 45.3 Å². The lowest BCUT2D eigenvalue weighted by Gasteiger charge is -2.33. The largest absolute Gasteiger partial charge is 0.444 e. The molecule has 1 N–H and O–H groups in total. The predicted octanol–water partition coefficient (Wildman–Crippen LogP) is 3.65. The van der Waals surface area contributed by atoms with Crippen LogP contribution >= 0.6 is 15.9 Å². The van der Waals surface area contributed by atoms with Crippen molar-refractivity contribution < 1.29 is 19.1 Å². The van der Waals surface area contributed by atoms with Crippen LogP contribution in [0.1, 0.15) is 45.3 Å². The van der Waals surface area contributed by atoms with Gasteiger partial charge in [-0.2, -0.15) is 0 Å². The van der Waals surface area contributed by atoms with E-state index in [1.807, 2.05) is 49.9 Å². The van der Waals surface area contributed by atoms with E-state index in [1.165, 1.54) is 0 Å². The third kappa shape index (κ3) is 6.96. The molecule has 2 amide bonds. The first-order valence-corrected chi connectivity index (χ1v) is 9.65. The van der Waals surface area contributed by atoms with Gasteiger partial charge in [0.15, 0.2) is 0 Å². The number of nitrogens with one attached hydrogen (secondary N) is 1. The Morgan fingerprint density at radius 2 is 2.00 bits per heavy atom. The number of amides is 2. The molecule has 7 heteroatoms. The zero-order valence-electron chi connectivity index (χ0n) is 15.6. The van der Waals surface area contributed by atoms with Crippen LogP contribution in [0.4, 0.5) is 4.79 Å². The summed E-state index contributed by atoms with van der Waals surface area (Å²) in [6.07, 6.45) is 0.425. The molecule has 1 atom stereocenters. The van der Waals surface area contributed by atoms with Crippen molar-refractivity contribution >= 4 is 27.9 Å². The lowest BCUT2D eigenvalue weighted by atomic mass is 10.1. The van der Waals surface area contributed by atoms with Crippen molar-refractivity contribution in [3.05, 3.63) is 34.3 Å². The average molecular weight is 427 g/mol. The molecule has 1 heterocycles. The fourth-order valence-corrected chi connectivity index (χ4v) is 2.92. The lowest BCUT2D eigenvalue weighted by Crippen LogP contribution is -2.42. The van der Waals surface area contributed by atoms with E-state index < -0.39 is 11.7 Å². The van der Waals surface area contributed by atoms with Gasteiger partial charge in [0.25, 0.3) is 0 Å². The van der Waals surface area contributed by atoms with E-state index >= 15 is 0 Å². The van der Waals surface area contributed by atoms with Gasteiger partial charge >= 0.3 is 6.09 Å². The highest BCUT2D eigenvalue weighted by Gasteiger charge is 2.25. The Labute approximate surface area is 163 Å². The first-order valence-electron chi connectivity index (χ1n) is 8.86. The molecular weight excluding hydrogens is 400 g/mol. The summed E-state index contributed by atoms with van der Waals surface area (Å²) in [5.41, 5.74) is 0.549. The third-order valence-corrected chi connectivity index (χ3v) is 4.43. The number of hydrogen-bond acceptors (Lipinski definition) is 4. The number of alkyl carbamates (subject to hydrolysis) is 1. The molecule has 1 aromatic rings. The van der Waals surface area contributed by atoms with Crippen LogP contribution in [0.5, 0.6) is 0 Å². The maximum absolute atomic E-state index is 12.4. The second-order valence-corrected chi connectivity index (χ2v) is 8.20. The molecule has 0 bridgehead atoms. The minimum Gasteiger partial charge on any atom is -0.444 e. The number of carbonyl (C=O) groups excluding carboxylic acids is 2. The van der Waals surface area contributed by atoms with Gasteiger partial charge in [-0.15, -0.1) is 0 Å². The van der Waals surface area contributed by atoms with Gasteiger partial charge in [-0.05, 0) is 44.9 Å². The Morgan fingerprint density at radius 1 is 1.31 bits per heavy atom. The molecule has 1 saturated heterocycles. The topological polar surface area (TPSA) is 67.9 Å². The fraction of sp³-hybridized carbons (Fsp3) is 0.579. The van der Waals surface area contributed by atoms with E-state index in [0.29, 0.717) is 39.1 Å². The zero-order chi connectivity index (χ0) is 19.2. The Bertz CT molecular complexity index is 613. The van der Waals surface area contributed by atoms with Crippen LogP contribution in [0.15, 0.2) is 28.7 Å². The Balaban J connectivity index is 1.73. The molecule has 0 spiro atoms. The maximum atomic E-state index is 12.4. The highest BCUT2D eigenvalue weighted by atomic mass is 79.9.